The minimum Gasteiger partial charge on any atom is -0.326 e. The molecular formula is C16H17N. The lowest BCUT2D eigenvalue weighted by atomic mass is 9.65. The van der Waals surface area contributed by atoms with Crippen LogP contribution in [0, 0.1) is 5.41 Å². The van der Waals surface area contributed by atoms with Crippen LogP contribution < -0.4 is 5.73 Å². The Morgan fingerprint density at radius 3 is 2.88 bits per heavy atom. The quantitative estimate of drug-likeness (QED) is 0.777. The van der Waals surface area contributed by atoms with Gasteiger partial charge in [-0.1, -0.05) is 61.6 Å². The van der Waals surface area contributed by atoms with Gasteiger partial charge in [-0.25, -0.2) is 0 Å². The molecule has 2 aliphatic carbocycles. The Bertz CT molecular complexity index is 536. The molecule has 0 saturated heterocycles. The molecule has 2 aliphatic rings. The molecule has 0 saturated carbocycles. The number of benzene rings is 1. The fourth-order valence-corrected chi connectivity index (χ4v) is 3.01. The van der Waals surface area contributed by atoms with E-state index in [4.69, 9.17) is 5.73 Å². The normalized spacial score (nSPS) is 29.5. The van der Waals surface area contributed by atoms with Gasteiger partial charge in [-0.2, -0.15) is 0 Å². The van der Waals surface area contributed by atoms with Crippen LogP contribution in [0.2, 0.25) is 0 Å². The van der Waals surface area contributed by atoms with E-state index in [9.17, 15) is 0 Å². The summed E-state index contributed by atoms with van der Waals surface area (Å²) in [4.78, 5) is 0. The lowest BCUT2D eigenvalue weighted by molar-refractivity contribution is 0.477. The number of hydrogen-bond donors (Lipinski definition) is 1. The van der Waals surface area contributed by atoms with Gasteiger partial charge in [-0.05, 0) is 16.7 Å². The highest BCUT2D eigenvalue weighted by atomic mass is 14.5. The molecule has 0 fully saturated rings. The third-order valence-electron chi connectivity index (χ3n) is 3.89. The van der Waals surface area contributed by atoms with E-state index < -0.39 is 0 Å². The van der Waals surface area contributed by atoms with Crippen LogP contribution in [0.3, 0.4) is 0 Å². The van der Waals surface area contributed by atoms with Gasteiger partial charge in [0, 0.05) is 17.9 Å². The Kier molecular flexibility index (Phi) is 2.30. The van der Waals surface area contributed by atoms with E-state index in [0.29, 0.717) is 12.5 Å². The predicted octanol–water partition coefficient (Wildman–Crippen LogP) is 3.26. The third kappa shape index (κ3) is 1.50. The van der Waals surface area contributed by atoms with E-state index in [1.54, 1.807) is 0 Å². The second-order valence-corrected chi connectivity index (χ2v) is 5.05. The van der Waals surface area contributed by atoms with Crippen LogP contribution in [0.4, 0.5) is 0 Å². The van der Waals surface area contributed by atoms with Gasteiger partial charge in [0.15, 0.2) is 0 Å². The van der Waals surface area contributed by atoms with Gasteiger partial charge < -0.3 is 5.73 Å². The molecule has 2 N–H and O–H groups in total. The number of nitrogens with two attached hydrogens (primary N) is 1. The number of fused-ring (bicyclic) bond motifs is 3. The SMILES string of the molecule is CC12C=CC=CC1c1ccccc1C(CN)=C2. The number of rotatable bonds is 1. The van der Waals surface area contributed by atoms with Crippen LogP contribution in [0.15, 0.2) is 54.6 Å². The van der Waals surface area contributed by atoms with E-state index in [-0.39, 0.29) is 5.41 Å². The Balaban J connectivity index is 2.24. The smallest absolute Gasteiger partial charge is 0.0181 e. The molecular weight excluding hydrogens is 206 g/mol. The average Bonchev–Trinajstić information content (AvgIpc) is 2.37. The summed E-state index contributed by atoms with van der Waals surface area (Å²) in [6.45, 7) is 2.89. The fourth-order valence-electron chi connectivity index (χ4n) is 3.01. The fraction of sp³-hybridized carbons (Fsp3) is 0.250. The first-order chi connectivity index (χ1) is 8.24. The van der Waals surface area contributed by atoms with Crippen molar-refractivity contribution in [3.63, 3.8) is 0 Å². The van der Waals surface area contributed by atoms with Gasteiger partial charge in [0.2, 0.25) is 0 Å². The highest BCUT2D eigenvalue weighted by Crippen LogP contribution is 2.48. The van der Waals surface area contributed by atoms with Crippen molar-refractivity contribution in [2.75, 3.05) is 6.54 Å². The van der Waals surface area contributed by atoms with E-state index in [0.717, 1.165) is 0 Å². The van der Waals surface area contributed by atoms with Crippen LogP contribution in [0.1, 0.15) is 24.0 Å². The highest BCUT2D eigenvalue weighted by molar-refractivity contribution is 5.74. The summed E-state index contributed by atoms with van der Waals surface area (Å²) in [5, 5.41) is 0. The molecule has 0 aliphatic heterocycles. The molecule has 2 unspecified atom stereocenters. The first-order valence-corrected chi connectivity index (χ1v) is 6.12. The molecule has 1 aromatic carbocycles. The lowest BCUT2D eigenvalue weighted by Crippen LogP contribution is -2.27. The summed E-state index contributed by atoms with van der Waals surface area (Å²) in [6.07, 6.45) is 11.2. The predicted molar refractivity (Wildman–Crippen MR) is 72.6 cm³/mol. The van der Waals surface area contributed by atoms with Crippen molar-refractivity contribution < 1.29 is 0 Å². The molecule has 2 atom stereocenters. The van der Waals surface area contributed by atoms with E-state index >= 15 is 0 Å². The Morgan fingerprint density at radius 2 is 2.06 bits per heavy atom. The van der Waals surface area contributed by atoms with Crippen molar-refractivity contribution in [2.24, 2.45) is 11.1 Å². The molecule has 0 aromatic heterocycles. The average molecular weight is 223 g/mol. The maximum absolute atomic E-state index is 5.89. The van der Waals surface area contributed by atoms with Crippen molar-refractivity contribution in [3.8, 4) is 0 Å². The summed E-state index contributed by atoms with van der Waals surface area (Å²) in [5.74, 6) is 0.444. The molecule has 86 valence electrons. The highest BCUT2D eigenvalue weighted by Gasteiger charge is 2.35. The van der Waals surface area contributed by atoms with Gasteiger partial charge in [0.25, 0.3) is 0 Å². The molecule has 1 nitrogen and oxygen atoms in total. The number of allylic oxidation sites excluding steroid dienone is 5. The number of hydrogen-bond acceptors (Lipinski definition) is 1. The monoisotopic (exact) mass is 223 g/mol. The molecule has 0 radical (unpaired) electrons. The zero-order valence-electron chi connectivity index (χ0n) is 10.1. The van der Waals surface area contributed by atoms with Gasteiger partial charge in [0.05, 0.1) is 0 Å². The Hall–Kier alpha value is -1.60. The Morgan fingerprint density at radius 1 is 1.24 bits per heavy atom. The van der Waals surface area contributed by atoms with Crippen LogP contribution in [0.5, 0.6) is 0 Å². The molecule has 0 heterocycles. The largest absolute Gasteiger partial charge is 0.326 e. The zero-order chi connectivity index (χ0) is 11.9. The zero-order valence-corrected chi connectivity index (χ0v) is 10.1. The lowest BCUT2D eigenvalue weighted by Gasteiger charge is -2.39. The molecule has 1 heteroatoms. The minimum absolute atomic E-state index is 0.0812. The summed E-state index contributed by atoms with van der Waals surface area (Å²) < 4.78 is 0. The molecule has 0 amide bonds. The van der Waals surface area contributed by atoms with E-state index in [1.165, 1.54) is 16.7 Å². The maximum Gasteiger partial charge on any atom is 0.0181 e. The van der Waals surface area contributed by atoms with Crippen molar-refractivity contribution in [3.05, 3.63) is 65.8 Å². The van der Waals surface area contributed by atoms with E-state index in [2.05, 4.69) is 61.6 Å². The first-order valence-electron chi connectivity index (χ1n) is 6.12. The van der Waals surface area contributed by atoms with E-state index in [1.807, 2.05) is 0 Å². The third-order valence-corrected chi connectivity index (χ3v) is 3.89. The molecule has 3 rings (SSSR count). The van der Waals surface area contributed by atoms with Gasteiger partial charge in [-0.15, -0.1) is 0 Å². The molecule has 0 bridgehead atoms. The van der Waals surface area contributed by atoms with Crippen LogP contribution in [-0.4, -0.2) is 6.54 Å². The summed E-state index contributed by atoms with van der Waals surface area (Å²) >= 11 is 0. The maximum atomic E-state index is 5.89. The van der Waals surface area contributed by atoms with Gasteiger partial charge >= 0.3 is 0 Å². The van der Waals surface area contributed by atoms with Gasteiger partial charge in [-0.3, -0.25) is 0 Å². The minimum atomic E-state index is 0.0812. The standard InChI is InChI=1S/C16H17N/c1-16-9-5-4-8-15(16)14-7-3-2-6-13(14)12(10-16)11-17/h2-10,15H,11,17H2,1H3. The molecule has 0 spiro atoms. The summed E-state index contributed by atoms with van der Waals surface area (Å²) in [6, 6.07) is 8.61. The summed E-state index contributed by atoms with van der Waals surface area (Å²) in [7, 11) is 0. The second kappa shape index (κ2) is 3.71. The first kappa shape index (κ1) is 10.5. The van der Waals surface area contributed by atoms with Crippen LogP contribution in [0.25, 0.3) is 5.57 Å². The summed E-state index contributed by atoms with van der Waals surface area (Å²) in [5.41, 5.74) is 9.95. The van der Waals surface area contributed by atoms with Crippen molar-refractivity contribution in [1.29, 1.82) is 0 Å². The van der Waals surface area contributed by atoms with Crippen molar-refractivity contribution in [2.45, 2.75) is 12.8 Å². The molecule has 17 heavy (non-hydrogen) atoms. The molecule has 1 aromatic rings. The van der Waals surface area contributed by atoms with Crippen LogP contribution in [-0.2, 0) is 0 Å². The Labute approximate surface area is 102 Å². The van der Waals surface area contributed by atoms with Gasteiger partial charge in [0.1, 0.15) is 0 Å². The van der Waals surface area contributed by atoms with Crippen LogP contribution >= 0.6 is 0 Å². The van der Waals surface area contributed by atoms with Crippen molar-refractivity contribution in [1.82, 2.24) is 0 Å². The topological polar surface area (TPSA) is 26.0 Å². The second-order valence-electron chi connectivity index (χ2n) is 5.05. The van der Waals surface area contributed by atoms with Crippen molar-refractivity contribution >= 4 is 5.57 Å².